The molecule has 7 heteroatoms. The van der Waals surface area contributed by atoms with Gasteiger partial charge in [0.25, 0.3) is 0 Å². The van der Waals surface area contributed by atoms with Crippen LogP contribution in [0.15, 0.2) is 84.7 Å². The maximum absolute atomic E-state index is 12.2. The summed E-state index contributed by atoms with van der Waals surface area (Å²) in [7, 11) is 3.17. The highest BCUT2D eigenvalue weighted by atomic mass is 16.5. The fourth-order valence-electron chi connectivity index (χ4n) is 5.45. The van der Waals surface area contributed by atoms with Gasteiger partial charge in [-0.1, -0.05) is 17.7 Å². The molecule has 0 amide bonds. The molecule has 1 saturated heterocycles. The fraction of sp³-hybridized carbons (Fsp3) is 0.290. The molecular formula is C31H30O7. The van der Waals surface area contributed by atoms with Crippen molar-refractivity contribution in [2.75, 3.05) is 14.2 Å². The van der Waals surface area contributed by atoms with Crippen molar-refractivity contribution >= 4 is 27.5 Å². The van der Waals surface area contributed by atoms with Crippen LogP contribution in [0.4, 0.5) is 0 Å². The average molecular weight is 515 g/mol. The van der Waals surface area contributed by atoms with Crippen LogP contribution in [0.2, 0.25) is 0 Å². The van der Waals surface area contributed by atoms with E-state index < -0.39 is 23.5 Å². The fourth-order valence-corrected chi connectivity index (χ4v) is 5.45. The molecule has 1 aliphatic rings. The number of hydrogen-bond donors (Lipinski definition) is 0. The minimum Gasteiger partial charge on any atom is -0.496 e. The first-order valence-corrected chi connectivity index (χ1v) is 12.4. The highest BCUT2D eigenvalue weighted by Gasteiger charge is 2.42. The lowest BCUT2D eigenvalue weighted by Crippen LogP contribution is -2.13. The van der Waals surface area contributed by atoms with Gasteiger partial charge in [-0.25, -0.2) is 9.59 Å². The van der Waals surface area contributed by atoms with Crippen LogP contribution in [-0.4, -0.2) is 20.3 Å². The van der Waals surface area contributed by atoms with E-state index in [1.165, 1.54) is 12.1 Å². The summed E-state index contributed by atoms with van der Waals surface area (Å²) in [4.78, 5) is 24.4. The Hall–Kier alpha value is -4.10. The van der Waals surface area contributed by atoms with Gasteiger partial charge in [0, 0.05) is 28.8 Å². The molecular weight excluding hydrogens is 484 g/mol. The smallest absolute Gasteiger partial charge is 0.336 e. The first kappa shape index (κ1) is 25.5. The normalized spacial score (nSPS) is 19.0. The van der Waals surface area contributed by atoms with E-state index in [-0.39, 0.29) is 5.92 Å². The Morgan fingerprint density at radius 1 is 0.816 bits per heavy atom. The van der Waals surface area contributed by atoms with Crippen molar-refractivity contribution in [2.45, 2.75) is 39.4 Å². The molecule has 0 saturated carbocycles. The van der Waals surface area contributed by atoms with Gasteiger partial charge in [-0.3, -0.25) is 0 Å². The first-order valence-electron chi connectivity index (χ1n) is 12.4. The SMILES string of the molecule is C=C(C)[C@@H]1C[C@H](C(=C(C)C)c2c(OC)ccc3ccc(=O)oc23)O[C@@H]1c1c(OC)ccc2ccc(=O)oc12. The second-order valence-corrected chi connectivity index (χ2v) is 9.82. The molecule has 0 spiro atoms. The van der Waals surface area contributed by atoms with Crippen LogP contribution < -0.4 is 20.7 Å². The molecule has 0 unspecified atom stereocenters. The van der Waals surface area contributed by atoms with Gasteiger partial charge in [-0.15, -0.1) is 0 Å². The van der Waals surface area contributed by atoms with Gasteiger partial charge < -0.3 is 23.0 Å². The van der Waals surface area contributed by atoms with Crippen LogP contribution in [-0.2, 0) is 4.74 Å². The molecule has 1 aliphatic heterocycles. The van der Waals surface area contributed by atoms with Crippen molar-refractivity contribution in [2.24, 2.45) is 5.92 Å². The van der Waals surface area contributed by atoms with Crippen molar-refractivity contribution in [1.29, 1.82) is 0 Å². The lowest BCUT2D eigenvalue weighted by atomic mass is 9.85. The van der Waals surface area contributed by atoms with E-state index in [1.807, 2.05) is 45.0 Å². The van der Waals surface area contributed by atoms with Gasteiger partial charge in [-0.2, -0.15) is 0 Å². The molecule has 0 aliphatic carbocycles. The second kappa shape index (κ2) is 9.99. The zero-order valence-corrected chi connectivity index (χ0v) is 22.1. The van der Waals surface area contributed by atoms with Crippen LogP contribution >= 0.6 is 0 Å². The molecule has 7 nitrogen and oxygen atoms in total. The molecule has 0 bridgehead atoms. The van der Waals surface area contributed by atoms with Crippen LogP contribution in [0.5, 0.6) is 11.5 Å². The topological polar surface area (TPSA) is 88.1 Å². The summed E-state index contributed by atoms with van der Waals surface area (Å²) in [5.41, 5.74) is 4.13. The van der Waals surface area contributed by atoms with E-state index in [0.29, 0.717) is 40.2 Å². The predicted molar refractivity (Wildman–Crippen MR) is 147 cm³/mol. The zero-order valence-electron chi connectivity index (χ0n) is 22.1. The quantitative estimate of drug-likeness (QED) is 0.216. The highest BCUT2D eigenvalue weighted by molar-refractivity contribution is 5.94. The Morgan fingerprint density at radius 3 is 1.95 bits per heavy atom. The van der Waals surface area contributed by atoms with Crippen molar-refractivity contribution in [1.82, 2.24) is 0 Å². The number of methoxy groups -OCH3 is 2. The summed E-state index contributed by atoms with van der Waals surface area (Å²) in [6.07, 6.45) is -0.288. The summed E-state index contributed by atoms with van der Waals surface area (Å²) >= 11 is 0. The molecule has 3 heterocycles. The van der Waals surface area contributed by atoms with E-state index in [1.54, 1.807) is 26.4 Å². The Balaban J connectivity index is 1.71. The lowest BCUT2D eigenvalue weighted by Gasteiger charge is -2.23. The molecule has 4 aromatic rings. The predicted octanol–water partition coefficient (Wildman–Crippen LogP) is 6.43. The maximum atomic E-state index is 12.2. The summed E-state index contributed by atoms with van der Waals surface area (Å²) in [6, 6.07) is 13.7. The molecule has 3 atom stereocenters. The third-order valence-electron chi connectivity index (χ3n) is 7.17. The number of hydrogen-bond acceptors (Lipinski definition) is 7. The molecule has 1 fully saturated rings. The Kier molecular flexibility index (Phi) is 6.71. The lowest BCUT2D eigenvalue weighted by molar-refractivity contribution is 0.0642. The molecule has 0 N–H and O–H groups in total. The van der Waals surface area contributed by atoms with Gasteiger partial charge in [0.15, 0.2) is 0 Å². The van der Waals surface area contributed by atoms with Gasteiger partial charge in [-0.05, 0) is 69.2 Å². The number of allylic oxidation sites excluding steroid dienone is 1. The minimum absolute atomic E-state index is 0.104. The molecule has 0 radical (unpaired) electrons. The summed E-state index contributed by atoms with van der Waals surface area (Å²) in [5, 5.41) is 1.55. The van der Waals surface area contributed by atoms with Crippen LogP contribution in [0, 0.1) is 5.92 Å². The molecule has 5 rings (SSSR count). The third kappa shape index (κ3) is 4.33. The highest BCUT2D eigenvalue weighted by Crippen LogP contribution is 2.51. The third-order valence-corrected chi connectivity index (χ3v) is 7.17. The maximum Gasteiger partial charge on any atom is 0.336 e. The first-order chi connectivity index (χ1) is 18.2. The van der Waals surface area contributed by atoms with Crippen molar-refractivity contribution in [3.8, 4) is 11.5 Å². The Labute approximate surface area is 219 Å². The number of rotatable bonds is 6. The largest absolute Gasteiger partial charge is 0.496 e. The second-order valence-electron chi connectivity index (χ2n) is 9.82. The molecule has 38 heavy (non-hydrogen) atoms. The zero-order chi connectivity index (χ0) is 27.1. The number of benzene rings is 2. The van der Waals surface area contributed by atoms with Crippen LogP contribution in [0.3, 0.4) is 0 Å². The summed E-state index contributed by atoms with van der Waals surface area (Å²) in [5.74, 6) is 1.04. The monoisotopic (exact) mass is 514 g/mol. The van der Waals surface area contributed by atoms with E-state index in [0.717, 1.165) is 27.5 Å². The minimum atomic E-state index is -0.496. The van der Waals surface area contributed by atoms with Gasteiger partial charge in [0.05, 0.1) is 37.6 Å². The standard InChI is InChI=1S/C31H30O7/c1-16(2)20-15-23(36-31(20)28-22(35-6)12-8-19-10-14-25(33)38-30(19)28)26(17(3)4)27-21(34-5)11-7-18-9-13-24(32)37-29(18)27/h7-14,20,23,31H,1,15H2,2-6H3/t20-,23+,31-/m0/s1. The molecule has 196 valence electrons. The Bertz CT molecular complexity index is 1700. The van der Waals surface area contributed by atoms with Gasteiger partial charge >= 0.3 is 11.3 Å². The average Bonchev–Trinajstić information content (AvgIpc) is 3.32. The van der Waals surface area contributed by atoms with E-state index >= 15 is 0 Å². The van der Waals surface area contributed by atoms with Crippen LogP contribution in [0.25, 0.3) is 27.5 Å². The molecule has 2 aromatic heterocycles. The summed E-state index contributed by atoms with van der Waals surface area (Å²) < 4.78 is 29.7. The Morgan fingerprint density at radius 2 is 1.37 bits per heavy atom. The van der Waals surface area contributed by atoms with Crippen LogP contribution in [0.1, 0.15) is 44.4 Å². The number of ether oxygens (including phenoxy) is 3. The molecule has 2 aromatic carbocycles. The van der Waals surface area contributed by atoms with E-state index in [9.17, 15) is 9.59 Å². The van der Waals surface area contributed by atoms with Crippen molar-refractivity contribution in [3.63, 3.8) is 0 Å². The van der Waals surface area contributed by atoms with E-state index in [4.69, 9.17) is 23.0 Å². The van der Waals surface area contributed by atoms with Gasteiger partial charge in [0.2, 0.25) is 0 Å². The van der Waals surface area contributed by atoms with E-state index in [2.05, 4.69) is 6.58 Å². The van der Waals surface area contributed by atoms with Gasteiger partial charge in [0.1, 0.15) is 22.7 Å². The summed E-state index contributed by atoms with van der Waals surface area (Å²) in [6.45, 7) is 10.2. The number of fused-ring (bicyclic) bond motifs is 2. The van der Waals surface area contributed by atoms with Crippen molar-refractivity contribution < 1.29 is 23.0 Å². The van der Waals surface area contributed by atoms with Crippen molar-refractivity contribution in [3.05, 3.63) is 98.2 Å².